The molecule has 1 heterocycles. The first-order valence-corrected chi connectivity index (χ1v) is 14.0. The van der Waals surface area contributed by atoms with Gasteiger partial charge in [-0.2, -0.15) is 0 Å². The number of carbonyl (C=O) groups is 2. The lowest BCUT2D eigenvalue weighted by atomic mass is 9.90. The number of Topliss-reactive ketones (excluding diaryl/α,β-unsaturated/α-hetero) is 2. The molecule has 4 aliphatic rings. The van der Waals surface area contributed by atoms with Crippen LogP contribution in [0.15, 0.2) is 71.8 Å². The van der Waals surface area contributed by atoms with Crippen molar-refractivity contribution in [3.63, 3.8) is 0 Å². The van der Waals surface area contributed by atoms with Gasteiger partial charge >= 0.3 is 0 Å². The zero-order valence-electron chi connectivity index (χ0n) is 22.1. The maximum atomic E-state index is 13.4. The summed E-state index contributed by atoms with van der Waals surface area (Å²) in [6.07, 6.45) is 6.04. The van der Waals surface area contributed by atoms with Crippen molar-refractivity contribution in [2.45, 2.75) is 38.0 Å². The molecule has 2 unspecified atom stereocenters. The van der Waals surface area contributed by atoms with Gasteiger partial charge in [0.15, 0.2) is 11.6 Å². The van der Waals surface area contributed by atoms with E-state index in [0.29, 0.717) is 37.6 Å². The van der Waals surface area contributed by atoms with Gasteiger partial charge in [-0.25, -0.2) is 0 Å². The molecule has 1 aliphatic heterocycles. The van der Waals surface area contributed by atoms with Crippen molar-refractivity contribution >= 4 is 22.7 Å². The molecule has 0 fully saturated rings. The van der Waals surface area contributed by atoms with Gasteiger partial charge in [0.1, 0.15) is 0 Å². The molecule has 38 heavy (non-hydrogen) atoms. The fraction of sp³-hybridized carbons (Fsp3) is 0.394. The third-order valence-electron chi connectivity index (χ3n) is 8.40. The minimum Gasteiger partial charge on any atom is -0.380 e. The Morgan fingerprint density at radius 2 is 1.18 bits per heavy atom. The predicted molar refractivity (Wildman–Crippen MR) is 149 cm³/mol. The van der Waals surface area contributed by atoms with Crippen LogP contribution < -0.4 is 0 Å². The van der Waals surface area contributed by atoms with Gasteiger partial charge in [0.25, 0.3) is 0 Å². The van der Waals surface area contributed by atoms with Crippen molar-refractivity contribution in [2.24, 2.45) is 0 Å². The standard InChI is InChI=1S/C33H35NO4/c1-2-34-13-17-37-15-11-22-19-28(26-9-5-3-7-24(22)26)32-30(35)21-31(36)33(32)29-20-23(12-16-38-18-14-34)25-8-4-6-10-27(25)29/h3-10,19-20,22-23H,2,11-18,21H2,1H3. The molecule has 0 aromatic heterocycles. The highest BCUT2D eigenvalue weighted by Crippen LogP contribution is 2.49. The molecule has 5 heteroatoms. The summed E-state index contributed by atoms with van der Waals surface area (Å²) >= 11 is 0. The Morgan fingerprint density at radius 3 is 1.66 bits per heavy atom. The third kappa shape index (κ3) is 4.64. The smallest absolute Gasteiger partial charge is 0.171 e. The van der Waals surface area contributed by atoms with Crippen LogP contribution in [0.4, 0.5) is 0 Å². The minimum atomic E-state index is -0.0707. The van der Waals surface area contributed by atoms with Gasteiger partial charge in [-0.15, -0.1) is 0 Å². The lowest BCUT2D eigenvalue weighted by molar-refractivity contribution is -0.120. The van der Waals surface area contributed by atoms with Crippen LogP contribution >= 0.6 is 0 Å². The van der Waals surface area contributed by atoms with Crippen LogP contribution in [-0.4, -0.2) is 62.5 Å². The number of fused-ring (bicyclic) bond motifs is 10. The van der Waals surface area contributed by atoms with Crippen molar-refractivity contribution in [3.8, 4) is 0 Å². The van der Waals surface area contributed by atoms with E-state index in [1.54, 1.807) is 0 Å². The number of nitrogens with zero attached hydrogens (tertiary/aromatic N) is 1. The fourth-order valence-corrected chi connectivity index (χ4v) is 6.42. The molecular weight excluding hydrogens is 474 g/mol. The first-order valence-electron chi connectivity index (χ1n) is 14.0. The second-order valence-corrected chi connectivity index (χ2v) is 10.6. The van der Waals surface area contributed by atoms with Gasteiger partial charge in [0, 0.05) is 49.3 Å². The summed E-state index contributed by atoms with van der Waals surface area (Å²) in [6.45, 7) is 7.59. The van der Waals surface area contributed by atoms with E-state index in [1.807, 2.05) is 12.1 Å². The Hall–Kier alpha value is -3.12. The molecule has 0 spiro atoms. The van der Waals surface area contributed by atoms with Gasteiger partial charge in [-0.1, -0.05) is 67.6 Å². The molecule has 0 saturated carbocycles. The molecule has 0 amide bonds. The summed E-state index contributed by atoms with van der Waals surface area (Å²) in [7, 11) is 0. The van der Waals surface area contributed by atoms with Crippen molar-refractivity contribution in [1.82, 2.24) is 4.90 Å². The van der Waals surface area contributed by atoms with E-state index in [-0.39, 0.29) is 29.8 Å². The topological polar surface area (TPSA) is 55.8 Å². The second kappa shape index (κ2) is 10.9. The molecule has 4 bridgehead atoms. The fourth-order valence-electron chi connectivity index (χ4n) is 6.42. The lowest BCUT2D eigenvalue weighted by Gasteiger charge is -2.20. The molecule has 2 aromatic rings. The molecule has 5 nitrogen and oxygen atoms in total. The van der Waals surface area contributed by atoms with Crippen LogP contribution in [0.25, 0.3) is 11.1 Å². The van der Waals surface area contributed by atoms with Crippen LogP contribution in [-0.2, 0) is 19.1 Å². The van der Waals surface area contributed by atoms with Gasteiger partial charge in [0.05, 0.1) is 19.6 Å². The maximum Gasteiger partial charge on any atom is 0.171 e. The number of likely N-dealkylation sites (N-methyl/N-ethyl adjacent to an activating group) is 1. The number of allylic oxidation sites excluding steroid dienone is 6. The van der Waals surface area contributed by atoms with E-state index in [2.05, 4.69) is 60.4 Å². The van der Waals surface area contributed by atoms with Crippen LogP contribution in [0.3, 0.4) is 0 Å². The van der Waals surface area contributed by atoms with E-state index in [4.69, 9.17) is 9.47 Å². The zero-order valence-corrected chi connectivity index (χ0v) is 22.1. The summed E-state index contributed by atoms with van der Waals surface area (Å²) in [6, 6.07) is 16.6. The van der Waals surface area contributed by atoms with E-state index >= 15 is 0 Å². The molecule has 2 atom stereocenters. The van der Waals surface area contributed by atoms with Crippen LogP contribution in [0.5, 0.6) is 0 Å². The highest BCUT2D eigenvalue weighted by molar-refractivity contribution is 6.34. The Morgan fingerprint density at radius 1 is 0.711 bits per heavy atom. The first-order chi connectivity index (χ1) is 18.7. The first kappa shape index (κ1) is 25.2. The monoisotopic (exact) mass is 509 g/mol. The average molecular weight is 510 g/mol. The van der Waals surface area contributed by atoms with E-state index in [0.717, 1.165) is 54.7 Å². The summed E-state index contributed by atoms with van der Waals surface area (Å²) in [5.41, 5.74) is 7.58. The molecule has 0 N–H and O–H groups in total. The van der Waals surface area contributed by atoms with E-state index < -0.39 is 0 Å². The molecule has 196 valence electrons. The van der Waals surface area contributed by atoms with Crippen molar-refractivity contribution in [2.75, 3.05) is 46.1 Å². The summed E-state index contributed by atoms with van der Waals surface area (Å²) in [5, 5.41) is 0. The number of benzene rings is 2. The quantitative estimate of drug-likeness (QED) is 0.486. The maximum absolute atomic E-state index is 13.4. The minimum absolute atomic E-state index is 0.0564. The summed E-state index contributed by atoms with van der Waals surface area (Å²) in [5.74, 6) is 0.181. The Bertz CT molecular complexity index is 1250. The lowest BCUT2D eigenvalue weighted by Crippen LogP contribution is -2.31. The number of rotatable bonds is 1. The molecule has 3 aliphatic carbocycles. The van der Waals surface area contributed by atoms with Crippen LogP contribution in [0.1, 0.15) is 60.3 Å². The number of hydrogen-bond donors (Lipinski definition) is 0. The number of carbonyl (C=O) groups excluding carboxylic acids is 2. The van der Waals surface area contributed by atoms with Gasteiger partial charge in [0.2, 0.25) is 0 Å². The normalized spacial score (nSPS) is 24.7. The summed E-state index contributed by atoms with van der Waals surface area (Å²) < 4.78 is 12.1. The predicted octanol–water partition coefficient (Wildman–Crippen LogP) is 5.34. The van der Waals surface area contributed by atoms with E-state index in [9.17, 15) is 9.59 Å². The number of hydrogen-bond acceptors (Lipinski definition) is 5. The Labute approximate surface area is 224 Å². The Kier molecular flexibility index (Phi) is 7.24. The van der Waals surface area contributed by atoms with Crippen LogP contribution in [0.2, 0.25) is 0 Å². The highest BCUT2D eigenvalue weighted by Gasteiger charge is 2.40. The van der Waals surface area contributed by atoms with E-state index in [1.165, 1.54) is 11.1 Å². The third-order valence-corrected chi connectivity index (χ3v) is 8.40. The molecule has 2 aromatic carbocycles. The molecule has 0 radical (unpaired) electrons. The Balaban J connectivity index is 1.44. The molecule has 0 saturated heterocycles. The average Bonchev–Trinajstić information content (AvgIpc) is 3.57. The second-order valence-electron chi connectivity index (χ2n) is 10.6. The molecule has 6 rings (SSSR count). The van der Waals surface area contributed by atoms with Crippen molar-refractivity contribution in [3.05, 3.63) is 94.1 Å². The SMILES string of the molecule is CCN1CCOCCC2C=C(C3=C(C(=O)CC3=O)C3=CC(CCOCC1)c1ccccc13)c1ccccc12. The summed E-state index contributed by atoms with van der Waals surface area (Å²) in [4.78, 5) is 29.2. The van der Waals surface area contributed by atoms with Crippen LogP contribution in [0, 0.1) is 0 Å². The number of ether oxygens (including phenoxy) is 2. The zero-order chi connectivity index (χ0) is 26.1. The van der Waals surface area contributed by atoms with Crippen molar-refractivity contribution < 1.29 is 19.1 Å². The van der Waals surface area contributed by atoms with Gasteiger partial charge in [-0.3, -0.25) is 14.5 Å². The van der Waals surface area contributed by atoms with Gasteiger partial charge in [-0.05, 0) is 52.8 Å². The molecular formula is C33H35NO4. The largest absolute Gasteiger partial charge is 0.380 e. The van der Waals surface area contributed by atoms with Gasteiger partial charge < -0.3 is 9.47 Å². The highest BCUT2D eigenvalue weighted by atomic mass is 16.5. The number of ketones is 2. The van der Waals surface area contributed by atoms with Crippen molar-refractivity contribution in [1.29, 1.82) is 0 Å².